The predicted octanol–water partition coefficient (Wildman–Crippen LogP) is 6.87. The van der Waals surface area contributed by atoms with Gasteiger partial charge in [0.05, 0.1) is 6.04 Å². The maximum atomic E-state index is 14.8. The molecule has 3 rings (SSSR count). The summed E-state index contributed by atoms with van der Waals surface area (Å²) in [5.74, 6) is -1.86. The van der Waals surface area contributed by atoms with Crippen molar-refractivity contribution in [2.45, 2.75) is 46.2 Å². The third-order valence-electron chi connectivity index (χ3n) is 6.33. The molecule has 3 aromatic rings. The molecule has 2 unspecified atom stereocenters. The van der Waals surface area contributed by atoms with Crippen molar-refractivity contribution in [3.05, 3.63) is 87.7 Å². The molecule has 0 radical (unpaired) electrons. The van der Waals surface area contributed by atoms with Crippen LogP contribution in [0, 0.1) is 19.7 Å². The van der Waals surface area contributed by atoms with E-state index in [4.69, 9.17) is 11.6 Å². The average Bonchev–Trinajstić information content (AvgIpc) is 2.83. The first-order valence-corrected chi connectivity index (χ1v) is 11.8. The molecule has 0 aliphatic heterocycles. The van der Waals surface area contributed by atoms with Gasteiger partial charge in [-0.3, -0.25) is 4.79 Å². The molecular weight excluding hydrogens is 467 g/mol. The van der Waals surface area contributed by atoms with Crippen molar-refractivity contribution < 1.29 is 19.1 Å². The molecule has 3 aromatic carbocycles. The second-order valence-electron chi connectivity index (χ2n) is 8.77. The Morgan fingerprint density at radius 2 is 1.77 bits per heavy atom. The number of hydrogen-bond donors (Lipinski definition) is 2. The van der Waals surface area contributed by atoms with E-state index in [1.165, 1.54) is 24.9 Å². The van der Waals surface area contributed by atoms with Crippen LogP contribution in [0.25, 0.3) is 11.1 Å². The number of carbonyl (C=O) groups is 2. The molecule has 184 valence electrons. The van der Waals surface area contributed by atoms with E-state index in [-0.39, 0.29) is 11.9 Å². The number of carbonyl (C=O) groups excluding carboxylic acids is 1. The molecule has 0 spiro atoms. The molecule has 0 aliphatic rings. The number of halogens is 2. The fourth-order valence-corrected chi connectivity index (χ4v) is 4.06. The number of aryl methyl sites for hydroxylation is 2. The van der Waals surface area contributed by atoms with E-state index in [0.29, 0.717) is 27.3 Å². The Morgan fingerprint density at radius 1 is 1.06 bits per heavy atom. The Morgan fingerprint density at radius 3 is 2.37 bits per heavy atom. The van der Waals surface area contributed by atoms with Crippen LogP contribution in [0.1, 0.15) is 53.4 Å². The van der Waals surface area contributed by atoms with Gasteiger partial charge in [-0.05, 0) is 79.8 Å². The molecule has 2 N–H and O–H groups in total. The molecule has 0 saturated carbocycles. The van der Waals surface area contributed by atoms with Crippen LogP contribution in [0.3, 0.4) is 0 Å². The number of rotatable bonds is 8. The SMILES string of the molecule is CCC(Nc1ccc(F)c(-c2ccc(C(=O)N(C)C(C)C(=O)O)c(C)c2)c1)c1ccc(Cl)c(C)c1. The van der Waals surface area contributed by atoms with E-state index in [1.54, 1.807) is 37.3 Å². The topological polar surface area (TPSA) is 69.6 Å². The van der Waals surface area contributed by atoms with Crippen molar-refractivity contribution in [2.24, 2.45) is 0 Å². The van der Waals surface area contributed by atoms with Gasteiger partial charge < -0.3 is 15.3 Å². The maximum Gasteiger partial charge on any atom is 0.326 e. The van der Waals surface area contributed by atoms with Gasteiger partial charge in [-0.2, -0.15) is 0 Å². The normalized spacial score (nSPS) is 12.7. The van der Waals surface area contributed by atoms with Crippen LogP contribution >= 0.6 is 11.6 Å². The van der Waals surface area contributed by atoms with E-state index in [9.17, 15) is 19.1 Å². The lowest BCUT2D eigenvalue weighted by Gasteiger charge is -2.22. The first-order valence-electron chi connectivity index (χ1n) is 11.5. The van der Waals surface area contributed by atoms with E-state index >= 15 is 0 Å². The number of benzene rings is 3. The highest BCUT2D eigenvalue weighted by molar-refractivity contribution is 6.31. The number of anilines is 1. The van der Waals surface area contributed by atoms with Crippen LogP contribution in [0.15, 0.2) is 54.6 Å². The van der Waals surface area contributed by atoms with E-state index in [2.05, 4.69) is 18.3 Å². The molecule has 1 amide bonds. The molecule has 0 saturated heterocycles. The summed E-state index contributed by atoms with van der Waals surface area (Å²) in [5.41, 5.74) is 4.92. The van der Waals surface area contributed by atoms with Gasteiger partial charge in [-0.15, -0.1) is 0 Å². The zero-order chi connectivity index (χ0) is 25.9. The van der Waals surface area contributed by atoms with Gasteiger partial charge in [-0.25, -0.2) is 9.18 Å². The zero-order valence-electron chi connectivity index (χ0n) is 20.5. The Bertz CT molecular complexity index is 1260. The van der Waals surface area contributed by atoms with Gasteiger partial charge in [0, 0.05) is 28.9 Å². The lowest BCUT2D eigenvalue weighted by atomic mass is 9.97. The lowest BCUT2D eigenvalue weighted by Crippen LogP contribution is -2.40. The largest absolute Gasteiger partial charge is 0.480 e. The molecule has 0 fully saturated rings. The smallest absolute Gasteiger partial charge is 0.326 e. The van der Waals surface area contributed by atoms with Crippen molar-refractivity contribution in [3.63, 3.8) is 0 Å². The maximum absolute atomic E-state index is 14.8. The highest BCUT2D eigenvalue weighted by atomic mass is 35.5. The summed E-state index contributed by atoms with van der Waals surface area (Å²) < 4.78 is 14.8. The number of aliphatic carboxylic acids is 1. The Labute approximate surface area is 210 Å². The van der Waals surface area contributed by atoms with Crippen LogP contribution in [0.5, 0.6) is 0 Å². The summed E-state index contributed by atoms with van der Waals surface area (Å²) in [6.45, 7) is 7.25. The molecule has 5 nitrogen and oxygen atoms in total. The van der Waals surface area contributed by atoms with Gasteiger partial charge in [0.15, 0.2) is 0 Å². The van der Waals surface area contributed by atoms with E-state index < -0.39 is 17.9 Å². The van der Waals surface area contributed by atoms with Crippen LogP contribution in [-0.4, -0.2) is 35.0 Å². The number of nitrogens with one attached hydrogen (secondary N) is 1. The Balaban J connectivity index is 1.89. The number of nitrogens with zero attached hydrogens (tertiary/aromatic N) is 1. The minimum absolute atomic E-state index is 0.0257. The average molecular weight is 497 g/mol. The summed E-state index contributed by atoms with van der Waals surface area (Å²) in [6.07, 6.45) is 0.825. The zero-order valence-corrected chi connectivity index (χ0v) is 21.3. The number of hydrogen-bond acceptors (Lipinski definition) is 3. The summed E-state index contributed by atoms with van der Waals surface area (Å²) in [4.78, 5) is 25.2. The third-order valence-corrected chi connectivity index (χ3v) is 6.75. The van der Waals surface area contributed by atoms with Crippen LogP contribution in [0.2, 0.25) is 5.02 Å². The van der Waals surface area contributed by atoms with E-state index in [1.807, 2.05) is 19.1 Å². The summed E-state index contributed by atoms with van der Waals surface area (Å²) in [5, 5.41) is 13.4. The van der Waals surface area contributed by atoms with Crippen LogP contribution in [0.4, 0.5) is 10.1 Å². The fourth-order valence-electron chi connectivity index (χ4n) is 3.95. The molecule has 0 aliphatic carbocycles. The molecular formula is C28H30ClFN2O3. The molecule has 2 atom stereocenters. The van der Waals surface area contributed by atoms with Gasteiger partial charge in [0.25, 0.3) is 5.91 Å². The predicted molar refractivity (Wildman–Crippen MR) is 139 cm³/mol. The highest BCUT2D eigenvalue weighted by Crippen LogP contribution is 2.31. The fraction of sp³-hybridized carbons (Fsp3) is 0.286. The minimum atomic E-state index is -1.08. The number of carboxylic acid groups (broad SMARTS) is 1. The molecule has 0 heterocycles. The third kappa shape index (κ3) is 5.82. The van der Waals surface area contributed by atoms with Crippen LogP contribution < -0.4 is 5.32 Å². The summed E-state index contributed by atoms with van der Waals surface area (Å²) in [7, 11) is 1.45. The van der Waals surface area contributed by atoms with Gasteiger partial charge in [-0.1, -0.05) is 42.8 Å². The van der Waals surface area contributed by atoms with Crippen LogP contribution in [-0.2, 0) is 4.79 Å². The first-order chi connectivity index (χ1) is 16.5. The molecule has 0 bridgehead atoms. The van der Waals surface area contributed by atoms with Crippen molar-refractivity contribution in [2.75, 3.05) is 12.4 Å². The first kappa shape index (κ1) is 26.2. The number of likely N-dealkylation sites (N-methyl/N-ethyl adjacent to an activating group) is 1. The van der Waals surface area contributed by atoms with Crippen molar-refractivity contribution in [1.82, 2.24) is 4.90 Å². The summed E-state index contributed by atoms with van der Waals surface area (Å²) in [6, 6.07) is 14.9. The van der Waals surface area contributed by atoms with Gasteiger partial charge >= 0.3 is 5.97 Å². The van der Waals surface area contributed by atoms with Gasteiger partial charge in [0.1, 0.15) is 11.9 Å². The van der Waals surface area contributed by atoms with E-state index in [0.717, 1.165) is 23.2 Å². The van der Waals surface area contributed by atoms with Crippen molar-refractivity contribution in [1.29, 1.82) is 0 Å². The Hall–Kier alpha value is -3.38. The number of amides is 1. The van der Waals surface area contributed by atoms with Crippen molar-refractivity contribution >= 4 is 29.2 Å². The minimum Gasteiger partial charge on any atom is -0.480 e. The second kappa shape index (κ2) is 10.9. The number of carboxylic acids is 1. The Kier molecular flexibility index (Phi) is 8.18. The van der Waals surface area contributed by atoms with Crippen molar-refractivity contribution in [3.8, 4) is 11.1 Å². The standard InChI is InChI=1S/C28H30ClFN2O3/c1-6-26(20-8-11-24(29)17(3)14-20)31-21-9-12-25(30)23(15-21)19-7-10-22(16(2)13-19)27(33)32(5)18(4)28(34)35/h7-15,18,26,31H,6H2,1-5H3,(H,34,35). The molecule has 7 heteroatoms. The highest BCUT2D eigenvalue weighted by Gasteiger charge is 2.24. The summed E-state index contributed by atoms with van der Waals surface area (Å²) >= 11 is 6.17. The second-order valence-corrected chi connectivity index (χ2v) is 9.18. The molecule has 0 aromatic heterocycles. The quantitative estimate of drug-likeness (QED) is 0.357. The van der Waals surface area contributed by atoms with Gasteiger partial charge in [0.2, 0.25) is 0 Å². The lowest BCUT2D eigenvalue weighted by molar-refractivity contribution is -0.141. The monoisotopic (exact) mass is 496 g/mol. The molecule has 35 heavy (non-hydrogen) atoms.